The lowest BCUT2D eigenvalue weighted by molar-refractivity contribution is 0.443. The van der Waals surface area contributed by atoms with Crippen LogP contribution in [-0.4, -0.2) is 51.6 Å². The smallest absolute Gasteiger partial charge is 0.326 e. The molecule has 1 atom stereocenters. The summed E-state index contributed by atoms with van der Waals surface area (Å²) in [5.41, 5.74) is 9.40. The van der Waals surface area contributed by atoms with Crippen molar-refractivity contribution in [3.8, 4) is 11.8 Å². The van der Waals surface area contributed by atoms with Crippen molar-refractivity contribution in [1.82, 2.24) is 24.9 Å². The van der Waals surface area contributed by atoms with Gasteiger partial charge in [-0.25, -0.2) is 4.39 Å². The number of anilines is 2. The molecule has 1 fully saturated rings. The van der Waals surface area contributed by atoms with Gasteiger partial charge >= 0.3 is 6.01 Å². The Morgan fingerprint density at radius 3 is 2.97 bits per heavy atom. The van der Waals surface area contributed by atoms with E-state index in [2.05, 4.69) is 30.2 Å². The highest BCUT2D eigenvalue weighted by Gasteiger charge is 2.27. The molecule has 172 valence electrons. The van der Waals surface area contributed by atoms with Crippen LogP contribution in [-0.2, 0) is 0 Å². The van der Waals surface area contributed by atoms with E-state index in [1.165, 1.54) is 12.1 Å². The minimum absolute atomic E-state index is 0.175. The van der Waals surface area contributed by atoms with E-state index in [1.54, 1.807) is 25.5 Å². The monoisotopic (exact) mass is 458 g/mol. The lowest BCUT2D eigenvalue weighted by Gasteiger charge is -2.19. The molecule has 1 unspecified atom stereocenters. The van der Waals surface area contributed by atoms with Gasteiger partial charge in [0.2, 0.25) is 0 Å². The van der Waals surface area contributed by atoms with Gasteiger partial charge in [0.25, 0.3) is 0 Å². The molecule has 1 aliphatic rings. The Balaban J connectivity index is 1.51. The molecular formula is C24H23FN8O. The van der Waals surface area contributed by atoms with Crippen LogP contribution in [0, 0.1) is 11.7 Å². The van der Waals surface area contributed by atoms with Gasteiger partial charge in [-0.2, -0.15) is 9.97 Å². The zero-order valence-electron chi connectivity index (χ0n) is 18.5. The molecule has 34 heavy (non-hydrogen) atoms. The normalized spacial score (nSPS) is 16.1. The minimum atomic E-state index is -0.333. The molecule has 0 spiro atoms. The number of nitrogens with one attached hydrogen (secondary N) is 2. The Morgan fingerprint density at radius 1 is 1.24 bits per heavy atom. The van der Waals surface area contributed by atoms with Crippen molar-refractivity contribution in [3.05, 3.63) is 48.5 Å². The highest BCUT2D eigenvalue weighted by molar-refractivity contribution is 6.14. The van der Waals surface area contributed by atoms with E-state index in [-0.39, 0.29) is 11.8 Å². The number of rotatable bonds is 5. The molecule has 0 amide bonds. The van der Waals surface area contributed by atoms with E-state index >= 15 is 0 Å². The predicted octanol–water partition coefficient (Wildman–Crippen LogP) is 3.81. The summed E-state index contributed by atoms with van der Waals surface area (Å²) in [4.78, 5) is 23.6. The van der Waals surface area contributed by atoms with Crippen molar-refractivity contribution >= 4 is 44.5 Å². The summed E-state index contributed by atoms with van der Waals surface area (Å²) in [7, 11) is 1.76. The molecule has 9 nitrogen and oxygen atoms in total. The SMILES string of the molecule is CNc1cc(F)cc2c1[nH]c1nc(Oc3cnc4cccnc4c3)nc(N3CCC(CN)C3)c12. The maximum absolute atomic E-state index is 14.4. The van der Waals surface area contributed by atoms with Gasteiger partial charge in [0, 0.05) is 37.8 Å². The second-order valence-electron chi connectivity index (χ2n) is 8.46. The van der Waals surface area contributed by atoms with E-state index in [0.717, 1.165) is 35.9 Å². The summed E-state index contributed by atoms with van der Waals surface area (Å²) < 4.78 is 20.5. The van der Waals surface area contributed by atoms with Crippen molar-refractivity contribution in [2.24, 2.45) is 11.7 Å². The number of benzene rings is 1. The Hall–Kier alpha value is -4.05. The summed E-state index contributed by atoms with van der Waals surface area (Å²) in [6.07, 6.45) is 4.30. The molecular weight excluding hydrogens is 435 g/mol. The molecule has 1 aromatic carbocycles. The largest absolute Gasteiger partial charge is 0.422 e. The van der Waals surface area contributed by atoms with Gasteiger partial charge in [0.05, 0.1) is 33.8 Å². The third-order valence-corrected chi connectivity index (χ3v) is 6.31. The summed E-state index contributed by atoms with van der Waals surface area (Å²) in [6.45, 7) is 2.18. The quantitative estimate of drug-likeness (QED) is 0.364. The van der Waals surface area contributed by atoms with Crippen LogP contribution >= 0.6 is 0 Å². The average molecular weight is 459 g/mol. The van der Waals surface area contributed by atoms with E-state index in [1.807, 2.05) is 12.1 Å². The third-order valence-electron chi connectivity index (χ3n) is 6.31. The molecule has 0 aliphatic carbocycles. The topological polar surface area (TPSA) is 118 Å². The van der Waals surface area contributed by atoms with Gasteiger partial charge in [0.1, 0.15) is 17.3 Å². The summed E-state index contributed by atoms with van der Waals surface area (Å²) in [6, 6.07) is 8.66. The van der Waals surface area contributed by atoms with Crippen molar-refractivity contribution < 1.29 is 9.13 Å². The van der Waals surface area contributed by atoms with Crippen LogP contribution in [0.4, 0.5) is 15.9 Å². The molecule has 1 saturated heterocycles. The number of fused-ring (bicyclic) bond motifs is 4. The van der Waals surface area contributed by atoms with Crippen LogP contribution in [0.15, 0.2) is 42.7 Å². The average Bonchev–Trinajstić information content (AvgIpc) is 3.48. The van der Waals surface area contributed by atoms with E-state index < -0.39 is 0 Å². The van der Waals surface area contributed by atoms with E-state index in [0.29, 0.717) is 46.3 Å². The summed E-state index contributed by atoms with van der Waals surface area (Å²) in [5.74, 6) is 1.22. The number of hydrogen-bond donors (Lipinski definition) is 3. The fraction of sp³-hybridized carbons (Fsp3) is 0.250. The van der Waals surface area contributed by atoms with E-state index in [4.69, 9.17) is 15.5 Å². The van der Waals surface area contributed by atoms with Gasteiger partial charge in [-0.1, -0.05) is 0 Å². The summed E-state index contributed by atoms with van der Waals surface area (Å²) >= 11 is 0. The van der Waals surface area contributed by atoms with Gasteiger partial charge in [-0.05, 0) is 43.1 Å². The maximum atomic E-state index is 14.4. The van der Waals surface area contributed by atoms with Crippen LogP contribution in [0.3, 0.4) is 0 Å². The predicted molar refractivity (Wildman–Crippen MR) is 130 cm³/mol. The zero-order chi connectivity index (χ0) is 23.2. The first kappa shape index (κ1) is 20.5. The lowest BCUT2D eigenvalue weighted by atomic mass is 10.1. The molecule has 0 radical (unpaired) electrons. The number of aromatic nitrogens is 5. The third kappa shape index (κ3) is 3.43. The Bertz CT molecular complexity index is 1530. The maximum Gasteiger partial charge on any atom is 0.326 e. The van der Waals surface area contributed by atoms with Crippen LogP contribution in [0.25, 0.3) is 33.0 Å². The number of nitrogens with two attached hydrogens (primary N) is 1. The Morgan fingerprint density at radius 2 is 2.15 bits per heavy atom. The molecule has 5 aromatic rings. The van der Waals surface area contributed by atoms with Crippen LogP contribution in [0.1, 0.15) is 6.42 Å². The second kappa shape index (κ2) is 8.07. The highest BCUT2D eigenvalue weighted by atomic mass is 19.1. The van der Waals surface area contributed by atoms with Crippen molar-refractivity contribution in [2.45, 2.75) is 6.42 Å². The van der Waals surface area contributed by atoms with Gasteiger partial charge in [-0.3, -0.25) is 9.97 Å². The molecule has 5 heterocycles. The standard InChI is InChI=1S/C24H23FN8O/c1-27-19-8-14(25)7-16-20-22(30-21(16)19)31-24(32-23(20)33-6-4-13(10-26)12-33)34-15-9-18-17(29-11-15)3-2-5-28-18/h2-3,5,7-9,11,13,27H,4,6,10,12,26H2,1H3,(H,30,31,32). The van der Waals surface area contributed by atoms with Crippen LogP contribution in [0.5, 0.6) is 11.8 Å². The second-order valence-corrected chi connectivity index (χ2v) is 8.46. The first-order chi connectivity index (χ1) is 16.6. The van der Waals surface area contributed by atoms with Crippen molar-refractivity contribution in [2.75, 3.05) is 36.9 Å². The molecule has 10 heteroatoms. The fourth-order valence-corrected chi connectivity index (χ4v) is 4.61. The number of H-pyrrole nitrogens is 1. The van der Waals surface area contributed by atoms with Crippen molar-refractivity contribution in [3.63, 3.8) is 0 Å². The number of ether oxygens (including phenoxy) is 1. The number of pyridine rings is 2. The number of nitrogens with zero attached hydrogens (tertiary/aromatic N) is 5. The number of aromatic amines is 1. The molecule has 4 aromatic heterocycles. The summed E-state index contributed by atoms with van der Waals surface area (Å²) in [5, 5.41) is 4.53. The molecule has 1 aliphatic heterocycles. The fourth-order valence-electron chi connectivity index (χ4n) is 4.61. The van der Waals surface area contributed by atoms with Gasteiger partial charge in [0.15, 0.2) is 5.75 Å². The Kier molecular flexibility index (Phi) is 4.88. The zero-order valence-corrected chi connectivity index (χ0v) is 18.5. The minimum Gasteiger partial charge on any atom is -0.422 e. The van der Waals surface area contributed by atoms with Crippen LogP contribution < -0.4 is 20.7 Å². The first-order valence-electron chi connectivity index (χ1n) is 11.2. The number of hydrogen-bond acceptors (Lipinski definition) is 8. The number of halogens is 1. The molecule has 0 saturated carbocycles. The molecule has 6 rings (SSSR count). The first-order valence-corrected chi connectivity index (χ1v) is 11.2. The lowest BCUT2D eigenvalue weighted by Crippen LogP contribution is -2.23. The van der Waals surface area contributed by atoms with E-state index in [9.17, 15) is 4.39 Å². The highest BCUT2D eigenvalue weighted by Crippen LogP contribution is 2.38. The van der Waals surface area contributed by atoms with Gasteiger partial charge < -0.3 is 25.7 Å². The van der Waals surface area contributed by atoms with Crippen molar-refractivity contribution in [1.29, 1.82) is 0 Å². The Labute approximate surface area is 194 Å². The molecule has 0 bridgehead atoms. The van der Waals surface area contributed by atoms with Crippen LogP contribution in [0.2, 0.25) is 0 Å². The molecule has 4 N–H and O–H groups in total. The van der Waals surface area contributed by atoms with Gasteiger partial charge in [-0.15, -0.1) is 0 Å².